The number of hydrazone groups is 1. The Morgan fingerprint density at radius 2 is 1.76 bits per heavy atom. The number of aryl methyl sites for hydroxylation is 1. The summed E-state index contributed by atoms with van der Waals surface area (Å²) in [4.78, 5) is 74.7. The van der Waals surface area contributed by atoms with Crippen LogP contribution >= 0.6 is 0 Å². The summed E-state index contributed by atoms with van der Waals surface area (Å²) in [5.74, 6) is -1.45. The van der Waals surface area contributed by atoms with Crippen LogP contribution in [0.3, 0.4) is 0 Å². The molecule has 3 aliphatic heterocycles. The molecule has 2 fully saturated rings. The lowest BCUT2D eigenvalue weighted by atomic mass is 10.0. The Morgan fingerprint density at radius 3 is 2.55 bits per heavy atom. The number of hydrogen-bond donors (Lipinski definition) is 3. The lowest BCUT2D eigenvalue weighted by molar-refractivity contribution is -0.136. The Balaban J connectivity index is 0.901. The number of piperidine rings is 1. The van der Waals surface area contributed by atoms with Crippen molar-refractivity contribution >= 4 is 53.1 Å². The van der Waals surface area contributed by atoms with Crippen LogP contribution in [-0.2, 0) is 25.5 Å². The molecule has 4 aromatic rings. The minimum Gasteiger partial charge on any atom is -0.484 e. The predicted molar refractivity (Wildman–Crippen MR) is 200 cm³/mol. The fourth-order valence-corrected chi connectivity index (χ4v) is 6.31. The quantitative estimate of drug-likeness (QED) is 0.103. The van der Waals surface area contributed by atoms with Gasteiger partial charge in [-0.15, -0.1) is 0 Å². The first-order chi connectivity index (χ1) is 26.7. The Labute approximate surface area is 315 Å². The highest BCUT2D eigenvalue weighted by atomic mass is 16.5. The lowest BCUT2D eigenvalue weighted by Crippen LogP contribution is -2.54. The maximum Gasteiger partial charge on any atom is 0.320 e. The van der Waals surface area contributed by atoms with Gasteiger partial charge in [0.05, 0.1) is 37.2 Å². The van der Waals surface area contributed by atoms with Crippen molar-refractivity contribution in [3.05, 3.63) is 101 Å². The third kappa shape index (κ3) is 8.93. The van der Waals surface area contributed by atoms with Gasteiger partial charge in [-0.2, -0.15) is 15.1 Å². The molecule has 3 N–H and O–H groups in total. The van der Waals surface area contributed by atoms with Crippen LogP contribution in [0.1, 0.15) is 50.2 Å². The number of benzene rings is 3. The van der Waals surface area contributed by atoms with Crippen molar-refractivity contribution in [2.75, 3.05) is 55.2 Å². The van der Waals surface area contributed by atoms with Gasteiger partial charge >= 0.3 is 6.01 Å². The van der Waals surface area contributed by atoms with E-state index in [1.54, 1.807) is 18.3 Å². The summed E-state index contributed by atoms with van der Waals surface area (Å²) in [5, 5.41) is 9.30. The summed E-state index contributed by atoms with van der Waals surface area (Å²) in [5.41, 5.74) is 6.79. The van der Waals surface area contributed by atoms with E-state index in [9.17, 15) is 24.0 Å². The molecule has 55 heavy (non-hydrogen) atoms. The molecule has 1 unspecified atom stereocenters. The first-order valence-corrected chi connectivity index (χ1v) is 17.8. The van der Waals surface area contributed by atoms with Gasteiger partial charge < -0.3 is 24.4 Å². The van der Waals surface area contributed by atoms with Crippen LogP contribution in [0.25, 0.3) is 0 Å². The first kappa shape index (κ1) is 36.7. The maximum absolute atomic E-state index is 13.1. The molecule has 7 rings (SSSR count). The third-order valence-electron chi connectivity index (χ3n) is 9.10. The summed E-state index contributed by atoms with van der Waals surface area (Å²) in [6, 6.07) is 20.5. The van der Waals surface area contributed by atoms with E-state index in [4.69, 9.17) is 14.2 Å². The molecule has 0 bridgehead atoms. The number of amides is 5. The number of fused-ring (bicyclic) bond motifs is 1. The van der Waals surface area contributed by atoms with Crippen LogP contribution < -0.4 is 30.4 Å². The van der Waals surface area contributed by atoms with E-state index in [0.29, 0.717) is 56.7 Å². The molecule has 0 radical (unpaired) electrons. The SMILES string of the molecule is Cc1cccc(/C=N/Nc2cc(N3CCOCC3)nc(OCCc3ccc(NC(=O)COc4ccc5c(c4)C(=O)N(C4CCC(=O)NC4=O)C5=O)cc3)n2)c1. The molecule has 4 heterocycles. The van der Waals surface area contributed by atoms with Gasteiger partial charge in [-0.25, -0.2) is 0 Å². The normalized spacial score (nSPS) is 16.9. The van der Waals surface area contributed by atoms with Gasteiger partial charge in [-0.1, -0.05) is 42.0 Å². The summed E-state index contributed by atoms with van der Waals surface area (Å²) < 4.78 is 17.1. The second kappa shape index (κ2) is 16.6. The number of imide groups is 2. The van der Waals surface area contributed by atoms with Crippen LogP contribution in [-0.4, -0.2) is 96.2 Å². The molecule has 16 nitrogen and oxygen atoms in total. The molecule has 1 aromatic heterocycles. The van der Waals surface area contributed by atoms with E-state index in [-0.39, 0.29) is 42.3 Å². The number of carbonyl (C=O) groups excluding carboxylic acids is 5. The number of ether oxygens (including phenoxy) is 3. The molecule has 0 spiro atoms. The van der Waals surface area contributed by atoms with Crippen LogP contribution in [0.2, 0.25) is 0 Å². The minimum atomic E-state index is -1.07. The smallest absolute Gasteiger partial charge is 0.320 e. The monoisotopic (exact) mass is 746 g/mol. The molecule has 16 heteroatoms. The van der Waals surface area contributed by atoms with E-state index in [0.717, 1.165) is 21.6 Å². The fraction of sp³-hybridized carbons (Fsp3) is 0.282. The van der Waals surface area contributed by atoms with Crippen molar-refractivity contribution in [1.29, 1.82) is 0 Å². The number of carbonyl (C=O) groups is 5. The zero-order chi connectivity index (χ0) is 38.3. The van der Waals surface area contributed by atoms with Crippen molar-refractivity contribution in [3.63, 3.8) is 0 Å². The van der Waals surface area contributed by atoms with Gasteiger partial charge in [0.1, 0.15) is 17.6 Å². The van der Waals surface area contributed by atoms with Gasteiger partial charge in [0.25, 0.3) is 17.7 Å². The fourth-order valence-electron chi connectivity index (χ4n) is 6.31. The minimum absolute atomic E-state index is 0.0243. The van der Waals surface area contributed by atoms with Gasteiger partial charge in [0.15, 0.2) is 12.4 Å². The standard InChI is InChI=1S/C39H38N8O8/c1-24-3-2-4-26(19-24)22-40-45-32-21-33(46-14-17-53-18-15-46)43-39(42-32)54-16-13-25-5-7-27(8-6-25)41-35(49)23-55-28-9-10-29-30(20-28)38(52)47(37(29)51)31-11-12-34(48)44-36(31)50/h2-10,19-22,31H,11-18,23H2,1H3,(H,41,49)(H,42,43,45)(H,44,48,50)/b40-22+. The molecule has 2 saturated heterocycles. The van der Waals surface area contributed by atoms with E-state index < -0.39 is 35.6 Å². The number of rotatable bonds is 13. The number of morpholine rings is 1. The number of anilines is 3. The van der Waals surface area contributed by atoms with Gasteiger partial charge in [0.2, 0.25) is 11.8 Å². The molecular formula is C39H38N8O8. The highest BCUT2D eigenvalue weighted by Gasteiger charge is 2.44. The van der Waals surface area contributed by atoms with Crippen molar-refractivity contribution in [2.24, 2.45) is 5.10 Å². The van der Waals surface area contributed by atoms with Crippen LogP contribution in [0.15, 0.2) is 77.9 Å². The Morgan fingerprint density at radius 1 is 0.964 bits per heavy atom. The number of hydrogen-bond acceptors (Lipinski definition) is 13. The number of aromatic nitrogens is 2. The zero-order valence-corrected chi connectivity index (χ0v) is 29.9. The molecule has 5 amide bonds. The van der Waals surface area contributed by atoms with E-state index in [1.165, 1.54) is 18.2 Å². The summed E-state index contributed by atoms with van der Waals surface area (Å²) >= 11 is 0. The van der Waals surface area contributed by atoms with Crippen molar-refractivity contribution < 1.29 is 38.2 Å². The largest absolute Gasteiger partial charge is 0.484 e. The summed E-state index contributed by atoms with van der Waals surface area (Å²) in [6.07, 6.45) is 2.36. The van der Waals surface area contributed by atoms with Crippen LogP contribution in [0, 0.1) is 6.92 Å². The molecular weight excluding hydrogens is 708 g/mol. The maximum atomic E-state index is 13.1. The van der Waals surface area contributed by atoms with Crippen molar-refractivity contribution in [2.45, 2.75) is 32.2 Å². The van der Waals surface area contributed by atoms with Crippen molar-refractivity contribution in [1.82, 2.24) is 20.2 Å². The summed E-state index contributed by atoms with van der Waals surface area (Å²) in [7, 11) is 0. The highest BCUT2D eigenvalue weighted by Crippen LogP contribution is 2.30. The topological polar surface area (TPSA) is 194 Å². The molecule has 282 valence electrons. The van der Waals surface area contributed by atoms with Crippen LogP contribution in [0.4, 0.5) is 17.3 Å². The Hall–Kier alpha value is -6.68. The van der Waals surface area contributed by atoms with Crippen LogP contribution in [0.5, 0.6) is 11.8 Å². The molecule has 3 aliphatic rings. The zero-order valence-electron chi connectivity index (χ0n) is 29.9. The van der Waals surface area contributed by atoms with E-state index in [2.05, 4.69) is 36.0 Å². The van der Waals surface area contributed by atoms with E-state index in [1.807, 2.05) is 49.4 Å². The second-order valence-electron chi connectivity index (χ2n) is 13.1. The average molecular weight is 747 g/mol. The van der Waals surface area contributed by atoms with Gasteiger partial charge in [-0.05, 0) is 54.8 Å². The first-order valence-electron chi connectivity index (χ1n) is 17.8. The predicted octanol–water partition coefficient (Wildman–Crippen LogP) is 3.11. The Kier molecular flexibility index (Phi) is 11.0. The average Bonchev–Trinajstić information content (AvgIpc) is 3.43. The molecule has 3 aromatic carbocycles. The Bertz CT molecular complexity index is 2150. The summed E-state index contributed by atoms with van der Waals surface area (Å²) in [6.45, 7) is 4.57. The number of nitrogens with one attached hydrogen (secondary N) is 3. The van der Waals surface area contributed by atoms with E-state index >= 15 is 0 Å². The molecule has 0 saturated carbocycles. The van der Waals surface area contributed by atoms with Gasteiger partial charge in [0, 0.05) is 37.7 Å². The van der Waals surface area contributed by atoms with Gasteiger partial charge in [-0.3, -0.25) is 39.6 Å². The lowest BCUT2D eigenvalue weighted by Gasteiger charge is -2.28. The highest BCUT2D eigenvalue weighted by molar-refractivity contribution is 6.23. The molecule has 0 aliphatic carbocycles. The number of nitrogens with zero attached hydrogens (tertiary/aromatic N) is 5. The third-order valence-corrected chi connectivity index (χ3v) is 9.10. The van der Waals surface area contributed by atoms with Crippen molar-refractivity contribution in [3.8, 4) is 11.8 Å². The molecule has 1 atom stereocenters. The second-order valence-corrected chi connectivity index (χ2v) is 13.1.